The van der Waals surface area contributed by atoms with Gasteiger partial charge >= 0.3 is 0 Å². The Morgan fingerprint density at radius 2 is 1.88 bits per heavy atom. The highest BCUT2D eigenvalue weighted by Gasteiger charge is 2.30. The van der Waals surface area contributed by atoms with E-state index in [0.29, 0.717) is 11.8 Å². The molecule has 0 spiro atoms. The summed E-state index contributed by atoms with van der Waals surface area (Å²) in [6.45, 7) is 8.17. The van der Waals surface area contributed by atoms with Gasteiger partial charge < -0.3 is 4.90 Å². The Morgan fingerprint density at radius 3 is 2.41 bits per heavy atom. The molecule has 4 nitrogen and oxygen atoms in total. The van der Waals surface area contributed by atoms with Crippen LogP contribution in [0.15, 0.2) is 18.2 Å². The summed E-state index contributed by atoms with van der Waals surface area (Å²) in [5.41, 5.74) is 2.01. The first-order valence-electron chi connectivity index (χ1n) is 5.99. The molecule has 0 amide bonds. The van der Waals surface area contributed by atoms with E-state index in [-0.39, 0.29) is 10.6 Å². The van der Waals surface area contributed by atoms with E-state index in [1.165, 1.54) is 0 Å². The first-order valence-corrected chi connectivity index (χ1v) is 5.99. The second-order valence-corrected chi connectivity index (χ2v) is 5.06. The summed E-state index contributed by atoms with van der Waals surface area (Å²) < 4.78 is 0. The lowest BCUT2D eigenvalue weighted by Gasteiger charge is -2.20. The maximum Gasteiger partial charge on any atom is 0.292 e. The molecule has 17 heavy (non-hydrogen) atoms. The van der Waals surface area contributed by atoms with Crippen molar-refractivity contribution < 1.29 is 4.92 Å². The van der Waals surface area contributed by atoms with Gasteiger partial charge in [-0.2, -0.15) is 0 Å². The SMILES string of the molecule is Cc1cccc([N+](=O)[O-])c1N1CC(C)C(C)C1. The molecular formula is C13H18N2O2. The van der Waals surface area contributed by atoms with Crippen LogP contribution in [-0.4, -0.2) is 18.0 Å². The van der Waals surface area contributed by atoms with Crippen molar-refractivity contribution in [2.45, 2.75) is 20.8 Å². The van der Waals surface area contributed by atoms with E-state index in [2.05, 4.69) is 18.7 Å². The van der Waals surface area contributed by atoms with Gasteiger partial charge in [0.1, 0.15) is 5.69 Å². The fourth-order valence-corrected chi connectivity index (χ4v) is 2.51. The third-order valence-electron chi connectivity index (χ3n) is 3.72. The molecular weight excluding hydrogens is 216 g/mol. The summed E-state index contributed by atoms with van der Waals surface area (Å²) in [5, 5.41) is 11.1. The number of para-hydroxylation sites is 1. The minimum absolute atomic E-state index is 0.228. The largest absolute Gasteiger partial charge is 0.365 e. The minimum Gasteiger partial charge on any atom is -0.365 e. The van der Waals surface area contributed by atoms with Gasteiger partial charge in [0.05, 0.1) is 4.92 Å². The van der Waals surface area contributed by atoms with E-state index < -0.39 is 0 Å². The predicted molar refractivity (Wildman–Crippen MR) is 68.4 cm³/mol. The van der Waals surface area contributed by atoms with Crippen LogP contribution in [0.2, 0.25) is 0 Å². The van der Waals surface area contributed by atoms with Gasteiger partial charge in [-0.25, -0.2) is 0 Å². The van der Waals surface area contributed by atoms with Crippen LogP contribution in [0.3, 0.4) is 0 Å². The average molecular weight is 234 g/mol. The molecule has 1 aliphatic heterocycles. The van der Waals surface area contributed by atoms with Crippen molar-refractivity contribution in [1.29, 1.82) is 0 Å². The standard InChI is InChI=1S/C13H18N2O2/c1-9-5-4-6-12(15(16)17)13(9)14-7-10(2)11(3)8-14/h4-6,10-11H,7-8H2,1-3H3. The molecule has 0 N–H and O–H groups in total. The summed E-state index contributed by atoms with van der Waals surface area (Å²) in [4.78, 5) is 12.9. The number of nitro benzene ring substituents is 1. The molecule has 0 saturated carbocycles. The summed E-state index contributed by atoms with van der Waals surface area (Å²) in [7, 11) is 0. The van der Waals surface area contributed by atoms with E-state index >= 15 is 0 Å². The van der Waals surface area contributed by atoms with Crippen LogP contribution < -0.4 is 4.90 Å². The van der Waals surface area contributed by atoms with Gasteiger partial charge in [0.25, 0.3) is 5.69 Å². The number of hydrogen-bond acceptors (Lipinski definition) is 3. The van der Waals surface area contributed by atoms with Gasteiger partial charge in [0, 0.05) is 19.2 Å². The molecule has 4 heteroatoms. The minimum atomic E-state index is -0.282. The third-order valence-corrected chi connectivity index (χ3v) is 3.72. The molecule has 1 aromatic rings. The average Bonchev–Trinajstić information content (AvgIpc) is 2.58. The maximum atomic E-state index is 11.1. The smallest absolute Gasteiger partial charge is 0.292 e. The van der Waals surface area contributed by atoms with Crippen LogP contribution in [-0.2, 0) is 0 Å². The number of anilines is 1. The van der Waals surface area contributed by atoms with Crippen LogP contribution in [0.1, 0.15) is 19.4 Å². The van der Waals surface area contributed by atoms with Gasteiger partial charge in [0.15, 0.2) is 0 Å². The molecule has 1 saturated heterocycles. The van der Waals surface area contributed by atoms with Crippen LogP contribution in [0.4, 0.5) is 11.4 Å². The van der Waals surface area contributed by atoms with Crippen molar-refractivity contribution >= 4 is 11.4 Å². The van der Waals surface area contributed by atoms with Crippen molar-refractivity contribution in [3.05, 3.63) is 33.9 Å². The zero-order valence-corrected chi connectivity index (χ0v) is 10.5. The zero-order chi connectivity index (χ0) is 12.6. The Bertz CT molecular complexity index is 435. The molecule has 1 heterocycles. The van der Waals surface area contributed by atoms with Crippen molar-refractivity contribution in [2.75, 3.05) is 18.0 Å². The first kappa shape index (κ1) is 11.9. The summed E-state index contributed by atoms with van der Waals surface area (Å²) in [5.74, 6) is 1.18. The lowest BCUT2D eigenvalue weighted by Crippen LogP contribution is -2.21. The van der Waals surface area contributed by atoms with Crippen molar-refractivity contribution in [3.63, 3.8) is 0 Å². The van der Waals surface area contributed by atoms with Gasteiger partial charge in [-0.05, 0) is 24.3 Å². The number of nitrogens with zero attached hydrogens (tertiary/aromatic N) is 2. The highest BCUT2D eigenvalue weighted by atomic mass is 16.6. The molecule has 0 aliphatic carbocycles. The van der Waals surface area contributed by atoms with E-state index in [1.807, 2.05) is 13.0 Å². The molecule has 2 atom stereocenters. The Kier molecular flexibility index (Phi) is 3.05. The molecule has 0 radical (unpaired) electrons. The number of nitro groups is 1. The van der Waals surface area contributed by atoms with E-state index in [1.54, 1.807) is 12.1 Å². The Labute approximate surface area is 101 Å². The maximum absolute atomic E-state index is 11.1. The molecule has 2 unspecified atom stereocenters. The molecule has 92 valence electrons. The predicted octanol–water partition coefficient (Wildman–Crippen LogP) is 3.00. The van der Waals surface area contributed by atoms with E-state index in [0.717, 1.165) is 24.3 Å². The zero-order valence-electron chi connectivity index (χ0n) is 10.5. The first-order chi connectivity index (χ1) is 8.00. The normalized spacial score (nSPS) is 24.1. The molecule has 1 fully saturated rings. The second-order valence-electron chi connectivity index (χ2n) is 5.06. The van der Waals surface area contributed by atoms with Crippen LogP contribution in [0, 0.1) is 28.9 Å². The molecule has 0 aromatic heterocycles. The Balaban J connectivity index is 2.41. The van der Waals surface area contributed by atoms with Gasteiger partial charge in [-0.15, -0.1) is 0 Å². The molecule has 1 aromatic carbocycles. The summed E-state index contributed by atoms with van der Waals surface area (Å²) >= 11 is 0. The summed E-state index contributed by atoms with van der Waals surface area (Å²) in [6.07, 6.45) is 0. The fraction of sp³-hybridized carbons (Fsp3) is 0.538. The lowest BCUT2D eigenvalue weighted by molar-refractivity contribution is -0.384. The number of benzene rings is 1. The fourth-order valence-electron chi connectivity index (χ4n) is 2.51. The Morgan fingerprint density at radius 1 is 1.29 bits per heavy atom. The van der Waals surface area contributed by atoms with Crippen LogP contribution >= 0.6 is 0 Å². The van der Waals surface area contributed by atoms with Crippen LogP contribution in [0.25, 0.3) is 0 Å². The van der Waals surface area contributed by atoms with Gasteiger partial charge in [0.2, 0.25) is 0 Å². The molecule has 0 bridgehead atoms. The van der Waals surface area contributed by atoms with Gasteiger partial charge in [-0.1, -0.05) is 26.0 Å². The number of aryl methyl sites for hydroxylation is 1. The lowest BCUT2D eigenvalue weighted by atomic mass is 10.0. The topological polar surface area (TPSA) is 46.4 Å². The van der Waals surface area contributed by atoms with Gasteiger partial charge in [-0.3, -0.25) is 10.1 Å². The highest BCUT2D eigenvalue weighted by molar-refractivity contribution is 5.68. The summed E-state index contributed by atoms with van der Waals surface area (Å²) in [6, 6.07) is 5.28. The number of rotatable bonds is 2. The Hall–Kier alpha value is -1.58. The van der Waals surface area contributed by atoms with Crippen molar-refractivity contribution in [2.24, 2.45) is 11.8 Å². The molecule has 1 aliphatic rings. The van der Waals surface area contributed by atoms with Crippen molar-refractivity contribution in [1.82, 2.24) is 0 Å². The molecule has 2 rings (SSSR count). The third kappa shape index (κ3) is 2.12. The van der Waals surface area contributed by atoms with Crippen LogP contribution in [0.5, 0.6) is 0 Å². The number of hydrogen-bond donors (Lipinski definition) is 0. The monoisotopic (exact) mass is 234 g/mol. The quantitative estimate of drug-likeness (QED) is 0.583. The van der Waals surface area contributed by atoms with E-state index in [9.17, 15) is 10.1 Å². The van der Waals surface area contributed by atoms with Crippen molar-refractivity contribution in [3.8, 4) is 0 Å². The second kappa shape index (κ2) is 4.35. The highest BCUT2D eigenvalue weighted by Crippen LogP contribution is 2.36. The van der Waals surface area contributed by atoms with E-state index in [4.69, 9.17) is 0 Å².